The summed E-state index contributed by atoms with van der Waals surface area (Å²) >= 11 is 0. The van der Waals surface area contributed by atoms with Crippen molar-refractivity contribution in [3.05, 3.63) is 34.9 Å². The van der Waals surface area contributed by atoms with E-state index in [1.54, 1.807) is 0 Å². The molecule has 0 aromatic heterocycles. The number of aliphatic hydroxyl groups excluding tert-OH is 1. The first-order valence-corrected chi connectivity index (χ1v) is 7.40. The van der Waals surface area contributed by atoms with Crippen molar-refractivity contribution in [2.75, 3.05) is 13.2 Å². The fourth-order valence-electron chi connectivity index (χ4n) is 2.78. The summed E-state index contributed by atoms with van der Waals surface area (Å²) in [5.74, 6) is 1.21. The van der Waals surface area contributed by atoms with Gasteiger partial charge in [-0.1, -0.05) is 45.9 Å². The van der Waals surface area contributed by atoms with Crippen molar-refractivity contribution in [3.63, 3.8) is 0 Å². The second kappa shape index (κ2) is 6.06. The summed E-state index contributed by atoms with van der Waals surface area (Å²) in [6.45, 7) is 10.3. The molecule has 1 fully saturated rings. The highest BCUT2D eigenvalue weighted by Crippen LogP contribution is 2.34. The molecule has 1 saturated heterocycles. The van der Waals surface area contributed by atoms with Crippen molar-refractivity contribution in [2.45, 2.75) is 52.1 Å². The minimum absolute atomic E-state index is 0.252. The zero-order valence-corrected chi connectivity index (χ0v) is 12.5. The van der Waals surface area contributed by atoms with E-state index in [9.17, 15) is 5.11 Å². The highest BCUT2D eigenvalue weighted by atomic mass is 16.5. The van der Waals surface area contributed by atoms with Crippen LogP contribution in [0.5, 0.6) is 0 Å². The van der Waals surface area contributed by atoms with Gasteiger partial charge in [0, 0.05) is 12.5 Å². The summed E-state index contributed by atoms with van der Waals surface area (Å²) in [6.07, 6.45) is 0.575. The molecule has 106 valence electrons. The first-order chi connectivity index (χ1) is 9.00. The van der Waals surface area contributed by atoms with Gasteiger partial charge in [0.15, 0.2) is 0 Å². The van der Waals surface area contributed by atoms with E-state index in [4.69, 9.17) is 4.74 Å². The molecule has 1 aromatic rings. The molecule has 0 bridgehead atoms. The third-order valence-electron chi connectivity index (χ3n) is 4.13. The molecule has 2 rings (SSSR count). The van der Waals surface area contributed by atoms with Crippen LogP contribution in [0.1, 0.15) is 68.7 Å². The Morgan fingerprint density at radius 1 is 1.11 bits per heavy atom. The zero-order chi connectivity index (χ0) is 14.0. The number of hydrogen-bond acceptors (Lipinski definition) is 2. The third-order valence-corrected chi connectivity index (χ3v) is 4.13. The van der Waals surface area contributed by atoms with Gasteiger partial charge in [0.05, 0.1) is 12.7 Å². The van der Waals surface area contributed by atoms with Crippen molar-refractivity contribution >= 4 is 0 Å². The smallest absolute Gasteiger partial charge is 0.0843 e. The Kier molecular flexibility index (Phi) is 4.64. The largest absolute Gasteiger partial charge is 0.388 e. The van der Waals surface area contributed by atoms with Crippen LogP contribution >= 0.6 is 0 Å². The lowest BCUT2D eigenvalue weighted by Crippen LogP contribution is -2.15. The second-order valence-electron chi connectivity index (χ2n) is 6.27. The van der Waals surface area contributed by atoms with Crippen LogP contribution in [-0.2, 0) is 4.74 Å². The summed E-state index contributed by atoms with van der Waals surface area (Å²) in [4.78, 5) is 0. The number of benzene rings is 1. The SMILES string of the molecule is CC(C)c1ccc(C(O)C2CCOC2)c(C(C)C)c1. The number of rotatable bonds is 4. The van der Waals surface area contributed by atoms with Crippen LogP contribution in [0, 0.1) is 5.92 Å². The van der Waals surface area contributed by atoms with Crippen molar-refractivity contribution in [2.24, 2.45) is 5.92 Å². The predicted molar refractivity (Wildman–Crippen MR) is 78.5 cm³/mol. The third kappa shape index (κ3) is 3.18. The van der Waals surface area contributed by atoms with Gasteiger partial charge in [0.25, 0.3) is 0 Å². The van der Waals surface area contributed by atoms with E-state index < -0.39 is 0 Å². The number of hydrogen-bond donors (Lipinski definition) is 1. The minimum atomic E-state index is -0.388. The maximum atomic E-state index is 10.6. The van der Waals surface area contributed by atoms with E-state index in [1.165, 1.54) is 11.1 Å². The Hall–Kier alpha value is -0.860. The summed E-state index contributed by atoms with van der Waals surface area (Å²) in [6, 6.07) is 6.54. The van der Waals surface area contributed by atoms with Gasteiger partial charge in [-0.25, -0.2) is 0 Å². The number of aliphatic hydroxyl groups is 1. The second-order valence-corrected chi connectivity index (χ2v) is 6.27. The topological polar surface area (TPSA) is 29.5 Å². The monoisotopic (exact) mass is 262 g/mol. The van der Waals surface area contributed by atoms with Crippen LogP contribution < -0.4 is 0 Å². The van der Waals surface area contributed by atoms with Crippen LogP contribution in [0.25, 0.3) is 0 Å². The maximum Gasteiger partial charge on any atom is 0.0843 e. The van der Waals surface area contributed by atoms with E-state index in [2.05, 4.69) is 45.9 Å². The minimum Gasteiger partial charge on any atom is -0.388 e. The Bertz CT molecular complexity index is 417. The van der Waals surface area contributed by atoms with E-state index in [0.29, 0.717) is 18.4 Å². The highest BCUT2D eigenvalue weighted by molar-refractivity contribution is 5.37. The molecule has 0 saturated carbocycles. The lowest BCUT2D eigenvalue weighted by molar-refractivity contribution is 0.0909. The fraction of sp³-hybridized carbons (Fsp3) is 0.647. The first kappa shape index (κ1) is 14.5. The van der Waals surface area contributed by atoms with Gasteiger partial charge in [-0.3, -0.25) is 0 Å². The molecule has 2 nitrogen and oxygen atoms in total. The van der Waals surface area contributed by atoms with Crippen LogP contribution in [0.2, 0.25) is 0 Å². The molecule has 2 atom stereocenters. The molecule has 1 aromatic carbocycles. The highest BCUT2D eigenvalue weighted by Gasteiger charge is 2.27. The van der Waals surface area contributed by atoms with Gasteiger partial charge >= 0.3 is 0 Å². The van der Waals surface area contributed by atoms with Gasteiger partial charge in [-0.2, -0.15) is 0 Å². The van der Waals surface area contributed by atoms with Crippen molar-refractivity contribution in [1.82, 2.24) is 0 Å². The summed E-state index contributed by atoms with van der Waals surface area (Å²) < 4.78 is 5.40. The van der Waals surface area contributed by atoms with Crippen molar-refractivity contribution in [1.29, 1.82) is 0 Å². The van der Waals surface area contributed by atoms with Crippen molar-refractivity contribution < 1.29 is 9.84 Å². The van der Waals surface area contributed by atoms with E-state index in [0.717, 1.165) is 18.6 Å². The number of ether oxygens (including phenoxy) is 1. The normalized spacial score (nSPS) is 21.3. The lowest BCUT2D eigenvalue weighted by Gasteiger charge is -2.23. The fourth-order valence-corrected chi connectivity index (χ4v) is 2.78. The summed E-state index contributed by atoms with van der Waals surface area (Å²) in [5, 5.41) is 10.6. The van der Waals surface area contributed by atoms with Gasteiger partial charge in [0.2, 0.25) is 0 Å². The van der Waals surface area contributed by atoms with Crippen LogP contribution in [0.4, 0.5) is 0 Å². The molecule has 0 radical (unpaired) electrons. The van der Waals surface area contributed by atoms with Gasteiger partial charge < -0.3 is 9.84 Å². The van der Waals surface area contributed by atoms with Gasteiger partial charge in [-0.15, -0.1) is 0 Å². The summed E-state index contributed by atoms with van der Waals surface area (Å²) in [5.41, 5.74) is 3.72. The molecule has 1 aliphatic heterocycles. The molecule has 0 amide bonds. The average Bonchev–Trinajstić information content (AvgIpc) is 2.90. The standard InChI is InChI=1S/C17H26O2/c1-11(2)13-5-6-15(16(9-13)12(3)4)17(18)14-7-8-19-10-14/h5-6,9,11-12,14,17-18H,7-8,10H2,1-4H3. The van der Waals surface area contributed by atoms with E-state index >= 15 is 0 Å². The van der Waals surface area contributed by atoms with E-state index in [1.807, 2.05) is 0 Å². The molecule has 0 aliphatic carbocycles. The molecule has 0 spiro atoms. The molecule has 1 N–H and O–H groups in total. The van der Waals surface area contributed by atoms with Crippen molar-refractivity contribution in [3.8, 4) is 0 Å². The predicted octanol–water partition coefficient (Wildman–Crippen LogP) is 4.00. The van der Waals surface area contributed by atoms with Crippen LogP contribution in [-0.4, -0.2) is 18.3 Å². The Labute approximate surface area is 116 Å². The molecule has 19 heavy (non-hydrogen) atoms. The molecule has 1 aliphatic rings. The van der Waals surface area contributed by atoms with Crippen LogP contribution in [0.3, 0.4) is 0 Å². The molecular formula is C17H26O2. The quantitative estimate of drug-likeness (QED) is 0.888. The Morgan fingerprint density at radius 3 is 2.37 bits per heavy atom. The lowest BCUT2D eigenvalue weighted by atomic mass is 9.85. The zero-order valence-electron chi connectivity index (χ0n) is 12.5. The molecule has 2 unspecified atom stereocenters. The van der Waals surface area contributed by atoms with Crippen LogP contribution in [0.15, 0.2) is 18.2 Å². The molecular weight excluding hydrogens is 236 g/mol. The summed E-state index contributed by atoms with van der Waals surface area (Å²) in [7, 11) is 0. The van der Waals surface area contributed by atoms with E-state index in [-0.39, 0.29) is 12.0 Å². The first-order valence-electron chi connectivity index (χ1n) is 7.40. The Balaban J connectivity index is 2.32. The molecule has 1 heterocycles. The van der Waals surface area contributed by atoms with Gasteiger partial charge in [0.1, 0.15) is 0 Å². The van der Waals surface area contributed by atoms with Gasteiger partial charge in [-0.05, 0) is 34.9 Å². The Morgan fingerprint density at radius 2 is 1.84 bits per heavy atom. The average molecular weight is 262 g/mol. The maximum absolute atomic E-state index is 10.6. The molecule has 2 heteroatoms.